The summed E-state index contributed by atoms with van der Waals surface area (Å²) in [5.74, 6) is -1.08. The smallest absolute Gasteiger partial charge is 0.420 e. The van der Waals surface area contributed by atoms with Gasteiger partial charge in [-0.3, -0.25) is 0 Å². The molecule has 0 radical (unpaired) electrons. The van der Waals surface area contributed by atoms with Crippen LogP contribution in [0.1, 0.15) is 6.92 Å². The molecule has 0 unspecified atom stereocenters. The van der Waals surface area contributed by atoms with E-state index in [2.05, 4.69) is 4.74 Å². The van der Waals surface area contributed by atoms with E-state index in [1.807, 2.05) is 0 Å². The van der Waals surface area contributed by atoms with E-state index in [-0.39, 0.29) is 5.70 Å². The molecular formula is C6H5NO4S. The molecular weight excluding hydrogens is 182 g/mol. The highest BCUT2D eigenvalue weighted by Gasteiger charge is 2.49. The summed E-state index contributed by atoms with van der Waals surface area (Å²) in [7, 11) is 0. The van der Waals surface area contributed by atoms with E-state index in [1.54, 1.807) is 6.92 Å². The predicted octanol–water partition coefficient (Wildman–Crippen LogP) is 0.785. The Labute approximate surface area is 72.0 Å². The Kier molecular flexibility index (Phi) is 1.35. The summed E-state index contributed by atoms with van der Waals surface area (Å²) >= 11 is 1.24. The van der Waals surface area contributed by atoms with Crippen LogP contribution < -0.4 is 0 Å². The zero-order valence-corrected chi connectivity index (χ0v) is 6.92. The van der Waals surface area contributed by atoms with Gasteiger partial charge < -0.3 is 9.84 Å². The first-order chi connectivity index (χ1) is 5.61. The third-order valence-corrected chi connectivity index (χ3v) is 2.72. The monoisotopic (exact) mass is 187 g/mol. The van der Waals surface area contributed by atoms with Crippen molar-refractivity contribution < 1.29 is 19.4 Å². The molecule has 2 heterocycles. The number of carboxylic acid groups (broad SMARTS) is 1. The average Bonchev–Trinajstić information content (AvgIpc) is 2.22. The van der Waals surface area contributed by atoms with Crippen LogP contribution in [0.15, 0.2) is 10.6 Å². The van der Waals surface area contributed by atoms with Crippen LogP contribution in [0.3, 0.4) is 0 Å². The largest absolute Gasteiger partial charge is 0.477 e. The zero-order valence-electron chi connectivity index (χ0n) is 6.10. The molecule has 0 aromatic rings. The second-order valence-electron chi connectivity index (χ2n) is 2.39. The fourth-order valence-corrected chi connectivity index (χ4v) is 2.16. The molecule has 0 saturated carbocycles. The Morgan fingerprint density at radius 1 is 1.75 bits per heavy atom. The normalized spacial score (nSPS) is 26.6. The van der Waals surface area contributed by atoms with Gasteiger partial charge in [-0.05, 0) is 6.92 Å². The summed E-state index contributed by atoms with van der Waals surface area (Å²) in [6.07, 6.45) is -0.582. The highest BCUT2D eigenvalue weighted by atomic mass is 32.2. The van der Waals surface area contributed by atoms with Crippen molar-refractivity contribution in [2.45, 2.75) is 12.5 Å². The Morgan fingerprint density at radius 2 is 2.42 bits per heavy atom. The number of ether oxygens (including phenoxy) is 1. The highest BCUT2D eigenvalue weighted by Crippen LogP contribution is 2.44. The highest BCUT2D eigenvalue weighted by molar-refractivity contribution is 8.03. The molecule has 1 amide bonds. The van der Waals surface area contributed by atoms with Crippen molar-refractivity contribution in [3.63, 3.8) is 0 Å². The zero-order chi connectivity index (χ0) is 8.88. The van der Waals surface area contributed by atoms with Gasteiger partial charge in [0.2, 0.25) is 5.56 Å². The Balaban J connectivity index is 2.34. The maximum atomic E-state index is 10.8. The fourth-order valence-electron chi connectivity index (χ4n) is 1.14. The number of amides is 1. The van der Waals surface area contributed by atoms with Gasteiger partial charge in [0, 0.05) is 4.91 Å². The number of carbonyl (C=O) groups is 2. The molecule has 1 fully saturated rings. The van der Waals surface area contributed by atoms with Gasteiger partial charge in [-0.1, -0.05) is 11.8 Å². The van der Waals surface area contributed by atoms with Gasteiger partial charge in [0.1, 0.15) is 5.70 Å². The number of hydrogen-bond donors (Lipinski definition) is 1. The molecule has 6 heteroatoms. The van der Waals surface area contributed by atoms with Gasteiger partial charge in [0.25, 0.3) is 0 Å². The molecule has 2 rings (SSSR count). The minimum atomic E-state index is -1.08. The number of carboxylic acids is 1. The van der Waals surface area contributed by atoms with Crippen LogP contribution >= 0.6 is 11.8 Å². The number of hydrogen-bond acceptors (Lipinski definition) is 4. The molecule has 0 aromatic carbocycles. The van der Waals surface area contributed by atoms with Gasteiger partial charge in [0.05, 0.1) is 0 Å². The predicted molar refractivity (Wildman–Crippen MR) is 40.0 cm³/mol. The van der Waals surface area contributed by atoms with Gasteiger partial charge >= 0.3 is 12.1 Å². The Morgan fingerprint density at radius 3 is 2.83 bits per heavy atom. The molecule has 2 aliphatic heterocycles. The molecule has 1 N–H and O–H groups in total. The third-order valence-electron chi connectivity index (χ3n) is 1.66. The van der Waals surface area contributed by atoms with E-state index < -0.39 is 17.6 Å². The third kappa shape index (κ3) is 0.752. The van der Waals surface area contributed by atoms with Crippen molar-refractivity contribution >= 4 is 23.8 Å². The summed E-state index contributed by atoms with van der Waals surface area (Å²) in [6, 6.07) is 0. The minimum absolute atomic E-state index is 0.0428. The maximum Gasteiger partial charge on any atom is 0.420 e. The van der Waals surface area contributed by atoms with Gasteiger partial charge in [0.15, 0.2) is 0 Å². The summed E-state index contributed by atoms with van der Waals surface area (Å²) in [5, 5.41) is 8.70. The van der Waals surface area contributed by atoms with Crippen molar-refractivity contribution in [1.29, 1.82) is 0 Å². The van der Waals surface area contributed by atoms with Crippen molar-refractivity contribution in [2.24, 2.45) is 0 Å². The van der Waals surface area contributed by atoms with E-state index in [0.717, 1.165) is 4.90 Å². The molecule has 0 aromatic heterocycles. The first-order valence-corrected chi connectivity index (χ1v) is 4.10. The fraction of sp³-hybridized carbons (Fsp3) is 0.333. The number of aliphatic carboxylic acids is 1. The number of thioether (sulfide) groups is 1. The van der Waals surface area contributed by atoms with Crippen LogP contribution in [0.25, 0.3) is 0 Å². The average molecular weight is 187 g/mol. The summed E-state index contributed by atoms with van der Waals surface area (Å²) in [6.45, 7) is 1.66. The van der Waals surface area contributed by atoms with E-state index in [0.29, 0.717) is 4.91 Å². The molecule has 1 atom stereocenters. The standard InChI is InChI=1S/C6H5NO4S/c1-2-3(4(8)9)7-5(10)11-6(7)12-2/h6H,1H3,(H,8,9)/t6-/m1/s1. The van der Waals surface area contributed by atoms with Crippen molar-refractivity contribution in [3.8, 4) is 0 Å². The summed E-state index contributed by atoms with van der Waals surface area (Å²) in [5.41, 5.74) is -0.398. The molecule has 0 aliphatic carbocycles. The van der Waals surface area contributed by atoms with Crippen molar-refractivity contribution in [1.82, 2.24) is 4.90 Å². The summed E-state index contributed by atoms with van der Waals surface area (Å²) < 4.78 is 4.66. The molecule has 0 bridgehead atoms. The number of nitrogens with zero attached hydrogens (tertiary/aromatic N) is 1. The van der Waals surface area contributed by atoms with Crippen LogP contribution in [0.2, 0.25) is 0 Å². The lowest BCUT2D eigenvalue weighted by Gasteiger charge is -2.33. The van der Waals surface area contributed by atoms with Crippen LogP contribution in [0.5, 0.6) is 0 Å². The number of carbonyl (C=O) groups excluding carboxylic acids is 1. The number of fused-ring (bicyclic) bond motifs is 1. The quantitative estimate of drug-likeness (QED) is 0.657. The van der Waals surface area contributed by atoms with E-state index in [4.69, 9.17) is 5.11 Å². The molecule has 5 nitrogen and oxygen atoms in total. The lowest BCUT2D eigenvalue weighted by Crippen LogP contribution is -2.50. The summed E-state index contributed by atoms with van der Waals surface area (Å²) in [4.78, 5) is 23.1. The second kappa shape index (κ2) is 2.16. The van der Waals surface area contributed by atoms with Crippen LogP contribution in [-0.2, 0) is 9.53 Å². The van der Waals surface area contributed by atoms with E-state index in [1.165, 1.54) is 11.8 Å². The van der Waals surface area contributed by atoms with Gasteiger partial charge in [-0.25, -0.2) is 14.5 Å². The maximum absolute atomic E-state index is 10.8. The lowest BCUT2D eigenvalue weighted by molar-refractivity contribution is -0.136. The molecule has 2 aliphatic rings. The number of rotatable bonds is 1. The van der Waals surface area contributed by atoms with Crippen molar-refractivity contribution in [3.05, 3.63) is 10.6 Å². The first kappa shape index (κ1) is 7.48. The Hall–Kier alpha value is -1.17. The lowest BCUT2D eigenvalue weighted by atomic mass is 10.3. The molecule has 0 spiro atoms. The number of allylic oxidation sites excluding steroid dienone is 1. The van der Waals surface area contributed by atoms with Crippen molar-refractivity contribution in [2.75, 3.05) is 0 Å². The van der Waals surface area contributed by atoms with Crippen LogP contribution in [0.4, 0.5) is 4.79 Å². The minimum Gasteiger partial charge on any atom is -0.477 e. The van der Waals surface area contributed by atoms with Crippen LogP contribution in [-0.4, -0.2) is 27.6 Å². The topological polar surface area (TPSA) is 66.8 Å². The van der Waals surface area contributed by atoms with E-state index >= 15 is 0 Å². The first-order valence-electron chi connectivity index (χ1n) is 3.22. The van der Waals surface area contributed by atoms with Gasteiger partial charge in [-0.15, -0.1) is 0 Å². The molecule has 12 heavy (non-hydrogen) atoms. The Bertz CT molecular complexity index is 311. The molecule has 64 valence electrons. The SMILES string of the molecule is CC1=C(C(=O)O)N2C(=O)O[C@@H]2S1. The second-order valence-corrected chi connectivity index (χ2v) is 3.64. The molecule has 1 saturated heterocycles. The van der Waals surface area contributed by atoms with Gasteiger partial charge in [-0.2, -0.15) is 0 Å². The van der Waals surface area contributed by atoms with E-state index in [9.17, 15) is 9.59 Å². The van der Waals surface area contributed by atoms with Crippen LogP contribution in [0, 0.1) is 0 Å².